The number of hydrogen-bond acceptors (Lipinski definition) is 6. The van der Waals surface area contributed by atoms with Crippen LogP contribution in [0.2, 0.25) is 0 Å². The van der Waals surface area contributed by atoms with Crippen LogP contribution in [0.4, 0.5) is 0 Å². The van der Waals surface area contributed by atoms with Crippen LogP contribution in [-0.4, -0.2) is 37.2 Å². The van der Waals surface area contributed by atoms with E-state index in [1.54, 1.807) is 0 Å². The Balaban J connectivity index is 4.16. The summed E-state index contributed by atoms with van der Waals surface area (Å²) in [4.78, 5) is 38.2. The molecule has 0 fully saturated rings. The van der Waals surface area contributed by atoms with Crippen molar-refractivity contribution in [2.45, 2.75) is 348 Å². The minimum absolute atomic E-state index is 0.0842. The van der Waals surface area contributed by atoms with Crippen LogP contribution in [0.25, 0.3) is 0 Å². The van der Waals surface area contributed by atoms with Crippen molar-refractivity contribution < 1.29 is 28.6 Å². The molecule has 0 radical (unpaired) electrons. The van der Waals surface area contributed by atoms with Gasteiger partial charge in [-0.2, -0.15) is 0 Å². The molecule has 0 saturated heterocycles. The molecule has 0 aliphatic rings. The van der Waals surface area contributed by atoms with Crippen molar-refractivity contribution in [1.29, 1.82) is 0 Å². The third kappa shape index (κ3) is 61.8. The highest BCUT2D eigenvalue weighted by atomic mass is 16.6. The first-order valence-electron chi connectivity index (χ1n) is 32.8. The van der Waals surface area contributed by atoms with Gasteiger partial charge in [0.15, 0.2) is 6.10 Å². The van der Waals surface area contributed by atoms with Crippen molar-refractivity contribution in [3.8, 4) is 0 Å². The summed E-state index contributed by atoms with van der Waals surface area (Å²) in [5.74, 6) is -0.903. The van der Waals surface area contributed by atoms with Crippen molar-refractivity contribution in [3.05, 3.63) is 60.8 Å². The Labute approximate surface area is 466 Å². The zero-order valence-electron chi connectivity index (χ0n) is 50.1. The number of ether oxygens (including phenoxy) is 3. The Morgan fingerprint density at radius 3 is 0.867 bits per heavy atom. The topological polar surface area (TPSA) is 78.9 Å². The van der Waals surface area contributed by atoms with Gasteiger partial charge in [0.1, 0.15) is 13.2 Å². The van der Waals surface area contributed by atoms with Crippen molar-refractivity contribution in [2.24, 2.45) is 0 Å². The maximum absolute atomic E-state index is 12.9. The summed E-state index contributed by atoms with van der Waals surface area (Å²) >= 11 is 0. The summed E-state index contributed by atoms with van der Waals surface area (Å²) in [6.07, 6.45) is 81.1. The van der Waals surface area contributed by atoms with Gasteiger partial charge in [-0.15, -0.1) is 0 Å². The van der Waals surface area contributed by atoms with Crippen LogP contribution >= 0.6 is 0 Å². The molecule has 0 rings (SSSR count). The van der Waals surface area contributed by atoms with Crippen LogP contribution in [0, 0.1) is 0 Å². The average molecular weight is 1050 g/mol. The molecule has 6 heteroatoms. The second-order valence-corrected chi connectivity index (χ2v) is 22.0. The predicted octanol–water partition coefficient (Wildman–Crippen LogP) is 22.3. The van der Waals surface area contributed by atoms with E-state index in [2.05, 4.69) is 81.5 Å². The van der Waals surface area contributed by atoms with E-state index >= 15 is 0 Å². The maximum Gasteiger partial charge on any atom is 0.306 e. The van der Waals surface area contributed by atoms with Gasteiger partial charge < -0.3 is 14.2 Å². The molecule has 6 nitrogen and oxygen atoms in total. The second-order valence-electron chi connectivity index (χ2n) is 22.0. The van der Waals surface area contributed by atoms with E-state index < -0.39 is 6.10 Å². The van der Waals surface area contributed by atoms with Crippen LogP contribution in [0.15, 0.2) is 60.8 Å². The third-order valence-electron chi connectivity index (χ3n) is 14.5. The summed E-state index contributed by atoms with van der Waals surface area (Å²) in [6.45, 7) is 6.50. The average Bonchev–Trinajstić information content (AvgIpc) is 3.41. The highest BCUT2D eigenvalue weighted by Gasteiger charge is 2.19. The zero-order chi connectivity index (χ0) is 54.3. The molecule has 0 aliphatic heterocycles. The fraction of sp³-hybridized carbons (Fsp3) is 0.812. The van der Waals surface area contributed by atoms with Crippen molar-refractivity contribution in [2.75, 3.05) is 13.2 Å². The molecule has 0 amide bonds. The van der Waals surface area contributed by atoms with Crippen LogP contribution in [0.1, 0.15) is 342 Å². The number of carbonyl (C=O) groups excluding carboxylic acids is 3. The van der Waals surface area contributed by atoms with E-state index in [-0.39, 0.29) is 31.1 Å². The lowest BCUT2D eigenvalue weighted by molar-refractivity contribution is -0.167. The Morgan fingerprint density at radius 2 is 0.533 bits per heavy atom. The summed E-state index contributed by atoms with van der Waals surface area (Å²) in [5, 5.41) is 0. The number of unbranched alkanes of at least 4 members (excludes halogenated alkanes) is 39. The highest BCUT2D eigenvalue weighted by Crippen LogP contribution is 2.18. The van der Waals surface area contributed by atoms with Crippen molar-refractivity contribution >= 4 is 17.9 Å². The first-order chi connectivity index (χ1) is 37.0. The van der Waals surface area contributed by atoms with Gasteiger partial charge in [0.25, 0.3) is 0 Å². The molecule has 0 N–H and O–H groups in total. The largest absolute Gasteiger partial charge is 0.462 e. The first kappa shape index (κ1) is 72.1. The molecular weight excluding hydrogens is 925 g/mol. The minimum atomic E-state index is -0.789. The lowest BCUT2D eigenvalue weighted by atomic mass is 10.0. The molecule has 0 spiro atoms. The lowest BCUT2D eigenvalue weighted by Gasteiger charge is -2.18. The number of hydrogen-bond donors (Lipinski definition) is 0. The fourth-order valence-corrected chi connectivity index (χ4v) is 9.59. The van der Waals surface area contributed by atoms with Gasteiger partial charge in [-0.05, 0) is 77.0 Å². The molecule has 0 aromatic rings. The molecule has 0 aromatic heterocycles. The van der Waals surface area contributed by atoms with Crippen LogP contribution < -0.4 is 0 Å². The zero-order valence-corrected chi connectivity index (χ0v) is 50.1. The Hall–Kier alpha value is -2.89. The Kier molecular flexibility index (Phi) is 61.2. The predicted molar refractivity (Wildman–Crippen MR) is 325 cm³/mol. The van der Waals surface area contributed by atoms with Gasteiger partial charge in [0.2, 0.25) is 0 Å². The molecule has 1 atom stereocenters. The van der Waals surface area contributed by atoms with E-state index in [0.717, 1.165) is 103 Å². The summed E-state index contributed by atoms with van der Waals surface area (Å²) in [6, 6.07) is 0. The number of rotatable bonds is 60. The standard InChI is InChI=1S/C69H124O6/c1-4-7-10-13-16-19-22-24-26-28-29-30-31-32-33-34-35-36-37-38-39-41-42-44-47-50-53-56-59-62-68(71)74-65-66(64-73-67(70)61-58-55-52-49-46-21-18-15-12-9-6-3)75-69(72)63-60-57-54-51-48-45-43-40-27-25-23-20-17-14-11-8-5-2/h8,11,15,17-18,20,25,27,43,45,66H,4-7,9-10,12-14,16,19,21-24,26,28-42,44,46-65H2,1-3H3/b11-8-,18-15-,20-17-,27-25-,45-43-. The molecule has 0 bridgehead atoms. The number of esters is 3. The molecule has 75 heavy (non-hydrogen) atoms. The number of allylic oxidation sites excluding steroid dienone is 10. The van der Waals surface area contributed by atoms with Crippen molar-refractivity contribution in [3.63, 3.8) is 0 Å². The molecular formula is C69H124O6. The normalized spacial score (nSPS) is 12.4. The van der Waals surface area contributed by atoms with Gasteiger partial charge in [-0.3, -0.25) is 14.4 Å². The third-order valence-corrected chi connectivity index (χ3v) is 14.5. The second kappa shape index (κ2) is 63.6. The molecule has 0 aliphatic carbocycles. The van der Waals surface area contributed by atoms with Gasteiger partial charge in [-0.1, -0.05) is 306 Å². The van der Waals surface area contributed by atoms with Crippen LogP contribution in [0.5, 0.6) is 0 Å². The van der Waals surface area contributed by atoms with Gasteiger partial charge >= 0.3 is 17.9 Å². The Bertz CT molecular complexity index is 1340. The highest BCUT2D eigenvalue weighted by molar-refractivity contribution is 5.71. The Morgan fingerprint density at radius 1 is 0.280 bits per heavy atom. The number of carbonyl (C=O) groups is 3. The van der Waals surface area contributed by atoms with Gasteiger partial charge in [0, 0.05) is 19.3 Å². The van der Waals surface area contributed by atoms with E-state index in [0.29, 0.717) is 19.3 Å². The van der Waals surface area contributed by atoms with Gasteiger partial charge in [-0.25, -0.2) is 0 Å². The fourth-order valence-electron chi connectivity index (χ4n) is 9.59. The molecule has 0 saturated carbocycles. The van der Waals surface area contributed by atoms with E-state index in [9.17, 15) is 14.4 Å². The summed E-state index contributed by atoms with van der Waals surface area (Å²) in [5.41, 5.74) is 0. The first-order valence-corrected chi connectivity index (χ1v) is 32.8. The quantitative estimate of drug-likeness (QED) is 0.0261. The summed E-state index contributed by atoms with van der Waals surface area (Å²) in [7, 11) is 0. The molecule has 1 unspecified atom stereocenters. The van der Waals surface area contributed by atoms with Crippen LogP contribution in [-0.2, 0) is 28.6 Å². The molecule has 0 heterocycles. The SMILES string of the molecule is CC/C=C\C/C=C\C/C=C\C/C=C\CCCCCCC(=O)OC(COC(=O)CCCCCCC/C=C\CCCC)COC(=O)CCCCCCCCCCCCCCCCCCCCCCCCCCCCCCC. The molecule has 0 aromatic carbocycles. The van der Waals surface area contributed by atoms with E-state index in [1.165, 1.54) is 199 Å². The van der Waals surface area contributed by atoms with Gasteiger partial charge in [0.05, 0.1) is 0 Å². The minimum Gasteiger partial charge on any atom is -0.462 e. The van der Waals surface area contributed by atoms with Crippen LogP contribution in [0.3, 0.4) is 0 Å². The monoisotopic (exact) mass is 1050 g/mol. The van der Waals surface area contributed by atoms with E-state index in [1.807, 2.05) is 0 Å². The maximum atomic E-state index is 12.9. The van der Waals surface area contributed by atoms with Crippen molar-refractivity contribution in [1.82, 2.24) is 0 Å². The summed E-state index contributed by atoms with van der Waals surface area (Å²) < 4.78 is 16.9. The smallest absolute Gasteiger partial charge is 0.306 e. The van der Waals surface area contributed by atoms with E-state index in [4.69, 9.17) is 14.2 Å². The lowest BCUT2D eigenvalue weighted by Crippen LogP contribution is -2.30. The molecule has 436 valence electrons.